The van der Waals surface area contributed by atoms with Gasteiger partial charge in [0.15, 0.2) is 0 Å². The molecule has 0 bridgehead atoms. The molecule has 0 aromatic carbocycles. The summed E-state index contributed by atoms with van der Waals surface area (Å²) in [6, 6.07) is 3.06. The summed E-state index contributed by atoms with van der Waals surface area (Å²) in [4.78, 5) is 15.7. The summed E-state index contributed by atoms with van der Waals surface area (Å²) in [5, 5.41) is 2.97. The number of rotatable bonds is 5. The van der Waals surface area contributed by atoms with Crippen LogP contribution in [-0.4, -0.2) is 33.2 Å². The smallest absolute Gasteiger partial charge is 0.271 e. The summed E-state index contributed by atoms with van der Waals surface area (Å²) in [6.07, 6.45) is 2.28. The van der Waals surface area contributed by atoms with Gasteiger partial charge in [0.2, 0.25) is 0 Å². The number of hydrogen-bond donors (Lipinski definition) is 2. The first-order valence-electron chi connectivity index (χ1n) is 5.44. The first-order valence-corrected chi connectivity index (χ1v) is 7.44. The lowest BCUT2D eigenvalue weighted by Crippen LogP contribution is -2.28. The van der Waals surface area contributed by atoms with Crippen molar-refractivity contribution in [3.63, 3.8) is 0 Å². The van der Waals surface area contributed by atoms with E-state index in [0.717, 1.165) is 0 Å². The summed E-state index contributed by atoms with van der Waals surface area (Å²) in [7, 11) is -0.891. The monoisotopic (exact) mass is 289 g/mol. The second-order valence-corrected chi connectivity index (χ2v) is 6.13. The number of nitrogen functional groups attached to an aromatic ring is 1. The molecule has 0 saturated carbocycles. The Kier molecular flexibility index (Phi) is 5.55. The molecule has 0 aliphatic carbocycles. The van der Waals surface area contributed by atoms with Gasteiger partial charge in [0.25, 0.3) is 5.91 Å². The molecule has 2 atom stereocenters. The molecule has 0 aliphatic heterocycles. The second kappa shape index (κ2) is 6.70. The lowest BCUT2D eigenvalue weighted by atomic mass is 10.3. The molecule has 5 nitrogen and oxygen atoms in total. The van der Waals surface area contributed by atoms with Gasteiger partial charge in [-0.2, -0.15) is 0 Å². The van der Waals surface area contributed by atoms with Crippen molar-refractivity contribution in [1.29, 1.82) is 0 Å². The zero-order valence-electron chi connectivity index (χ0n) is 10.3. The molecule has 0 aliphatic rings. The van der Waals surface area contributed by atoms with E-state index in [1.807, 2.05) is 6.92 Å². The quantitative estimate of drug-likeness (QED) is 0.853. The highest BCUT2D eigenvalue weighted by Gasteiger charge is 2.13. The zero-order chi connectivity index (χ0) is 13.7. The molecule has 1 heterocycles. The van der Waals surface area contributed by atoms with Crippen LogP contribution in [0, 0.1) is 0 Å². The van der Waals surface area contributed by atoms with Crippen LogP contribution in [0.15, 0.2) is 12.1 Å². The maximum atomic E-state index is 11.8. The van der Waals surface area contributed by atoms with E-state index in [-0.39, 0.29) is 27.7 Å². The van der Waals surface area contributed by atoms with Gasteiger partial charge < -0.3 is 11.1 Å². The minimum atomic E-state index is -0.891. The van der Waals surface area contributed by atoms with Crippen molar-refractivity contribution < 1.29 is 9.00 Å². The van der Waals surface area contributed by atoms with Crippen molar-refractivity contribution in [2.75, 3.05) is 18.5 Å². The fourth-order valence-electron chi connectivity index (χ4n) is 1.26. The lowest BCUT2D eigenvalue weighted by molar-refractivity contribution is 0.0948. The average Bonchev–Trinajstić information content (AvgIpc) is 2.31. The number of aromatic nitrogens is 1. The number of nitrogens with one attached hydrogen (secondary N) is 1. The van der Waals surface area contributed by atoms with Crippen molar-refractivity contribution in [3.05, 3.63) is 22.8 Å². The van der Waals surface area contributed by atoms with E-state index in [1.165, 1.54) is 12.1 Å². The molecule has 1 aromatic heterocycles. The molecule has 1 rings (SSSR count). The number of carbonyl (C=O) groups excluding carboxylic acids is 1. The molecule has 0 radical (unpaired) electrons. The zero-order valence-corrected chi connectivity index (χ0v) is 11.8. The van der Waals surface area contributed by atoms with Gasteiger partial charge in [-0.1, -0.05) is 18.5 Å². The standard InChI is InChI=1S/C11H16ClN3O2S/c1-7(18(2)17)5-6-14-11(16)10-8(12)3-4-9(13)15-10/h3-4,7H,5-6H2,1-2H3,(H2,13,15)(H,14,16). The van der Waals surface area contributed by atoms with Crippen LogP contribution in [0.25, 0.3) is 0 Å². The Hall–Kier alpha value is -1.14. The van der Waals surface area contributed by atoms with E-state index in [2.05, 4.69) is 10.3 Å². The van der Waals surface area contributed by atoms with Crippen LogP contribution in [0.3, 0.4) is 0 Å². The van der Waals surface area contributed by atoms with Crippen molar-refractivity contribution in [2.24, 2.45) is 0 Å². The van der Waals surface area contributed by atoms with Gasteiger partial charge in [-0.15, -0.1) is 0 Å². The van der Waals surface area contributed by atoms with E-state index in [4.69, 9.17) is 17.3 Å². The number of pyridine rings is 1. The Morgan fingerprint density at radius 3 is 2.89 bits per heavy atom. The number of halogens is 1. The number of hydrogen-bond acceptors (Lipinski definition) is 4. The molecule has 0 spiro atoms. The minimum Gasteiger partial charge on any atom is -0.384 e. The summed E-state index contributed by atoms with van der Waals surface area (Å²) in [5.41, 5.74) is 5.60. The Bertz CT molecular complexity index is 468. The highest BCUT2D eigenvalue weighted by molar-refractivity contribution is 7.84. The van der Waals surface area contributed by atoms with E-state index >= 15 is 0 Å². The van der Waals surface area contributed by atoms with Gasteiger partial charge in [-0.05, 0) is 18.6 Å². The number of amides is 1. The van der Waals surface area contributed by atoms with E-state index in [1.54, 1.807) is 6.26 Å². The molecule has 7 heteroatoms. The van der Waals surface area contributed by atoms with Crippen LogP contribution in [0.4, 0.5) is 5.82 Å². The van der Waals surface area contributed by atoms with E-state index < -0.39 is 10.8 Å². The van der Waals surface area contributed by atoms with Crippen molar-refractivity contribution in [1.82, 2.24) is 10.3 Å². The van der Waals surface area contributed by atoms with Crippen molar-refractivity contribution in [3.8, 4) is 0 Å². The van der Waals surface area contributed by atoms with E-state index in [9.17, 15) is 9.00 Å². The molecular weight excluding hydrogens is 274 g/mol. The number of nitrogens with zero attached hydrogens (tertiary/aromatic N) is 1. The van der Waals surface area contributed by atoms with Crippen LogP contribution >= 0.6 is 11.6 Å². The van der Waals surface area contributed by atoms with Crippen molar-refractivity contribution in [2.45, 2.75) is 18.6 Å². The summed E-state index contributed by atoms with van der Waals surface area (Å²) in [5.74, 6) is -0.131. The predicted molar refractivity (Wildman–Crippen MR) is 74.1 cm³/mol. The van der Waals surface area contributed by atoms with Gasteiger partial charge >= 0.3 is 0 Å². The molecule has 1 aromatic rings. The van der Waals surface area contributed by atoms with Crippen molar-refractivity contribution >= 4 is 34.1 Å². The highest BCUT2D eigenvalue weighted by atomic mass is 35.5. The Balaban J connectivity index is 2.55. The Morgan fingerprint density at radius 2 is 2.28 bits per heavy atom. The summed E-state index contributed by atoms with van der Waals surface area (Å²) < 4.78 is 11.1. The molecule has 0 fully saturated rings. The molecule has 0 saturated heterocycles. The normalized spacial score (nSPS) is 13.9. The van der Waals surface area contributed by atoms with Gasteiger partial charge in [-0.3, -0.25) is 9.00 Å². The van der Waals surface area contributed by atoms with Gasteiger partial charge in [0.1, 0.15) is 11.5 Å². The van der Waals surface area contributed by atoms with Crippen LogP contribution < -0.4 is 11.1 Å². The molecule has 100 valence electrons. The third kappa shape index (κ3) is 4.27. The Morgan fingerprint density at radius 1 is 1.61 bits per heavy atom. The third-order valence-corrected chi connectivity index (χ3v) is 4.16. The second-order valence-electron chi connectivity index (χ2n) is 3.92. The van der Waals surface area contributed by atoms with Gasteiger partial charge in [0, 0.05) is 28.9 Å². The fraction of sp³-hybridized carbons (Fsp3) is 0.455. The topological polar surface area (TPSA) is 85.1 Å². The molecule has 1 amide bonds. The average molecular weight is 290 g/mol. The lowest BCUT2D eigenvalue weighted by Gasteiger charge is -2.09. The maximum Gasteiger partial charge on any atom is 0.271 e. The largest absolute Gasteiger partial charge is 0.384 e. The first kappa shape index (κ1) is 14.9. The fourth-order valence-corrected chi connectivity index (χ4v) is 1.90. The maximum absolute atomic E-state index is 11.8. The number of carbonyl (C=O) groups is 1. The molecular formula is C11H16ClN3O2S. The molecule has 18 heavy (non-hydrogen) atoms. The van der Waals surface area contributed by atoms with Crippen LogP contribution in [-0.2, 0) is 10.8 Å². The van der Waals surface area contributed by atoms with E-state index in [0.29, 0.717) is 13.0 Å². The first-order chi connectivity index (χ1) is 8.41. The molecule has 2 unspecified atom stereocenters. The van der Waals surface area contributed by atoms with Crippen LogP contribution in [0.5, 0.6) is 0 Å². The van der Waals surface area contributed by atoms with Crippen LogP contribution in [0.2, 0.25) is 5.02 Å². The molecule has 3 N–H and O–H groups in total. The Labute approximate surface area is 114 Å². The van der Waals surface area contributed by atoms with Crippen LogP contribution in [0.1, 0.15) is 23.8 Å². The minimum absolute atomic E-state index is 0.0366. The summed E-state index contributed by atoms with van der Waals surface area (Å²) >= 11 is 5.86. The highest BCUT2D eigenvalue weighted by Crippen LogP contribution is 2.14. The predicted octanol–water partition coefficient (Wildman–Crippen LogP) is 1.20. The van der Waals surface area contributed by atoms with Gasteiger partial charge in [0.05, 0.1) is 5.02 Å². The third-order valence-electron chi connectivity index (χ3n) is 2.49. The summed E-state index contributed by atoms with van der Waals surface area (Å²) in [6.45, 7) is 2.29. The number of anilines is 1. The number of nitrogens with two attached hydrogens (primary N) is 1. The SMILES string of the molecule is CC(CCNC(=O)c1nc(N)ccc1Cl)S(C)=O. The van der Waals surface area contributed by atoms with Gasteiger partial charge in [-0.25, -0.2) is 4.98 Å².